The number of aliphatic carboxylic acids is 1. The van der Waals surface area contributed by atoms with E-state index in [4.69, 9.17) is 11.6 Å². The quantitative estimate of drug-likeness (QED) is 0.931. The third-order valence-corrected chi connectivity index (χ3v) is 4.97. The van der Waals surface area contributed by atoms with Gasteiger partial charge in [0, 0.05) is 23.7 Å². The van der Waals surface area contributed by atoms with Gasteiger partial charge in [0.1, 0.15) is 0 Å². The Hall–Kier alpha value is -1.55. The molecule has 0 atom stereocenters. The van der Waals surface area contributed by atoms with E-state index in [2.05, 4.69) is 0 Å². The van der Waals surface area contributed by atoms with Gasteiger partial charge in [-0.2, -0.15) is 0 Å². The summed E-state index contributed by atoms with van der Waals surface area (Å²) in [6.07, 6.45) is 1.62. The molecule has 1 saturated heterocycles. The molecule has 1 fully saturated rings. The second-order valence-corrected chi connectivity index (χ2v) is 6.10. The molecule has 2 rings (SSSR count). The second kappa shape index (κ2) is 6.06. The summed E-state index contributed by atoms with van der Waals surface area (Å²) < 4.78 is 0. The molecule has 1 amide bonds. The number of likely N-dealkylation sites (tertiary alicyclic amines) is 1. The number of benzene rings is 1. The van der Waals surface area contributed by atoms with Crippen LogP contribution in [0.4, 0.5) is 0 Å². The van der Waals surface area contributed by atoms with Crippen LogP contribution in [0.3, 0.4) is 0 Å². The van der Waals surface area contributed by atoms with Crippen molar-refractivity contribution in [2.45, 2.75) is 33.1 Å². The zero-order valence-corrected chi connectivity index (χ0v) is 13.1. The molecule has 0 unspecified atom stereocenters. The van der Waals surface area contributed by atoms with Crippen molar-refractivity contribution in [3.05, 3.63) is 34.3 Å². The molecule has 5 heteroatoms. The Labute approximate surface area is 129 Å². The molecule has 1 N–H and O–H groups in total. The van der Waals surface area contributed by atoms with E-state index in [0.29, 0.717) is 42.9 Å². The van der Waals surface area contributed by atoms with E-state index in [1.54, 1.807) is 23.1 Å². The van der Waals surface area contributed by atoms with E-state index in [1.165, 1.54) is 0 Å². The fourth-order valence-electron chi connectivity index (χ4n) is 2.82. The molecule has 1 heterocycles. The van der Waals surface area contributed by atoms with Gasteiger partial charge in [-0.05, 0) is 49.9 Å². The lowest BCUT2D eigenvalue weighted by atomic mass is 9.76. The Morgan fingerprint density at radius 2 is 1.95 bits per heavy atom. The molecule has 114 valence electrons. The SMILES string of the molecule is CCC1(C(=O)O)CCN(C(=O)c2ccc(Cl)c(C)c2)CC1. The first-order valence-electron chi connectivity index (χ1n) is 7.18. The third-order valence-electron chi connectivity index (χ3n) is 4.54. The summed E-state index contributed by atoms with van der Waals surface area (Å²) in [6, 6.07) is 5.22. The Balaban J connectivity index is 2.09. The number of piperidine rings is 1. The second-order valence-electron chi connectivity index (χ2n) is 5.70. The largest absolute Gasteiger partial charge is 0.481 e. The van der Waals surface area contributed by atoms with Crippen molar-refractivity contribution in [3.63, 3.8) is 0 Å². The van der Waals surface area contributed by atoms with Gasteiger partial charge in [0.25, 0.3) is 5.91 Å². The first kappa shape index (κ1) is 15.8. The third kappa shape index (κ3) is 3.05. The van der Waals surface area contributed by atoms with Crippen molar-refractivity contribution in [1.29, 1.82) is 0 Å². The maximum atomic E-state index is 12.5. The predicted molar refractivity (Wildman–Crippen MR) is 81.7 cm³/mol. The van der Waals surface area contributed by atoms with Crippen molar-refractivity contribution in [2.75, 3.05) is 13.1 Å². The summed E-state index contributed by atoms with van der Waals surface area (Å²) in [5.41, 5.74) is 0.802. The number of hydrogen-bond acceptors (Lipinski definition) is 2. The molecule has 1 aliphatic heterocycles. The molecule has 1 aromatic rings. The first-order chi connectivity index (χ1) is 9.89. The summed E-state index contributed by atoms with van der Waals surface area (Å²) in [7, 11) is 0. The van der Waals surface area contributed by atoms with Gasteiger partial charge in [-0.15, -0.1) is 0 Å². The van der Waals surface area contributed by atoms with Gasteiger partial charge in [-0.25, -0.2) is 0 Å². The van der Waals surface area contributed by atoms with Gasteiger partial charge in [0.05, 0.1) is 5.41 Å². The Bertz CT molecular complexity index is 563. The fraction of sp³-hybridized carbons (Fsp3) is 0.500. The molecule has 0 saturated carbocycles. The number of nitrogens with zero attached hydrogens (tertiary/aromatic N) is 1. The number of amides is 1. The van der Waals surface area contributed by atoms with Crippen LogP contribution < -0.4 is 0 Å². The highest BCUT2D eigenvalue weighted by molar-refractivity contribution is 6.31. The molecule has 0 aliphatic carbocycles. The van der Waals surface area contributed by atoms with Crippen LogP contribution >= 0.6 is 11.6 Å². The fourth-order valence-corrected chi connectivity index (χ4v) is 2.93. The van der Waals surface area contributed by atoms with Crippen molar-refractivity contribution >= 4 is 23.5 Å². The van der Waals surface area contributed by atoms with Gasteiger partial charge in [-0.1, -0.05) is 18.5 Å². The monoisotopic (exact) mass is 309 g/mol. The minimum Gasteiger partial charge on any atom is -0.481 e. The number of hydrogen-bond donors (Lipinski definition) is 1. The van der Waals surface area contributed by atoms with Crippen LogP contribution in [0, 0.1) is 12.3 Å². The average molecular weight is 310 g/mol. The van der Waals surface area contributed by atoms with Crippen LogP contribution in [0.1, 0.15) is 42.1 Å². The van der Waals surface area contributed by atoms with Crippen LogP contribution in [-0.2, 0) is 4.79 Å². The summed E-state index contributed by atoms with van der Waals surface area (Å²) in [6.45, 7) is 4.73. The molecule has 1 aliphatic rings. The standard InChI is InChI=1S/C16H20ClNO3/c1-3-16(15(20)21)6-8-18(9-7-16)14(19)12-4-5-13(17)11(2)10-12/h4-5,10H,3,6-9H2,1-2H3,(H,20,21). The number of aryl methyl sites for hydroxylation is 1. The van der Waals surface area contributed by atoms with Crippen molar-refractivity contribution in [3.8, 4) is 0 Å². The van der Waals surface area contributed by atoms with E-state index in [0.717, 1.165) is 5.56 Å². The number of carboxylic acids is 1. The highest BCUT2D eigenvalue weighted by atomic mass is 35.5. The number of carbonyl (C=O) groups excluding carboxylic acids is 1. The van der Waals surface area contributed by atoms with Gasteiger partial charge in [-0.3, -0.25) is 9.59 Å². The summed E-state index contributed by atoms with van der Waals surface area (Å²) >= 11 is 5.97. The first-order valence-corrected chi connectivity index (χ1v) is 7.56. The maximum Gasteiger partial charge on any atom is 0.309 e. The number of rotatable bonds is 3. The number of carboxylic acid groups (broad SMARTS) is 1. The molecule has 0 radical (unpaired) electrons. The van der Waals surface area contributed by atoms with E-state index < -0.39 is 11.4 Å². The highest BCUT2D eigenvalue weighted by Crippen LogP contribution is 2.35. The molecule has 0 bridgehead atoms. The zero-order valence-electron chi connectivity index (χ0n) is 12.4. The molecule has 21 heavy (non-hydrogen) atoms. The van der Waals surface area contributed by atoms with Crippen LogP contribution in [0.5, 0.6) is 0 Å². The van der Waals surface area contributed by atoms with Gasteiger partial charge in [0.2, 0.25) is 0 Å². The highest BCUT2D eigenvalue weighted by Gasteiger charge is 2.40. The van der Waals surface area contributed by atoms with E-state index in [1.807, 2.05) is 13.8 Å². The topological polar surface area (TPSA) is 57.6 Å². The Morgan fingerprint density at radius 1 is 1.33 bits per heavy atom. The summed E-state index contributed by atoms with van der Waals surface area (Å²) in [4.78, 5) is 25.6. The molecule has 4 nitrogen and oxygen atoms in total. The van der Waals surface area contributed by atoms with E-state index in [-0.39, 0.29) is 5.91 Å². The van der Waals surface area contributed by atoms with Gasteiger partial charge < -0.3 is 10.0 Å². The molecule has 0 aromatic heterocycles. The van der Waals surface area contributed by atoms with E-state index >= 15 is 0 Å². The molecule has 0 spiro atoms. The van der Waals surface area contributed by atoms with Crippen LogP contribution in [0.15, 0.2) is 18.2 Å². The zero-order chi connectivity index (χ0) is 15.6. The lowest BCUT2D eigenvalue weighted by molar-refractivity contribution is -0.152. The number of halogens is 1. The van der Waals surface area contributed by atoms with Crippen LogP contribution in [-0.4, -0.2) is 35.0 Å². The minimum atomic E-state index is -0.751. The predicted octanol–water partition coefficient (Wildman–Crippen LogP) is 3.37. The minimum absolute atomic E-state index is 0.0511. The molecular weight excluding hydrogens is 290 g/mol. The maximum absolute atomic E-state index is 12.5. The average Bonchev–Trinajstić information content (AvgIpc) is 2.49. The van der Waals surface area contributed by atoms with Gasteiger partial charge >= 0.3 is 5.97 Å². The smallest absolute Gasteiger partial charge is 0.309 e. The lowest BCUT2D eigenvalue weighted by Crippen LogP contribution is -2.46. The Morgan fingerprint density at radius 3 is 2.43 bits per heavy atom. The summed E-state index contributed by atoms with van der Waals surface area (Å²) in [5.74, 6) is -0.802. The van der Waals surface area contributed by atoms with Crippen molar-refractivity contribution in [1.82, 2.24) is 4.90 Å². The Kier molecular flexibility index (Phi) is 4.57. The number of carbonyl (C=O) groups is 2. The normalized spacial score (nSPS) is 17.6. The van der Waals surface area contributed by atoms with Crippen molar-refractivity contribution in [2.24, 2.45) is 5.41 Å². The molecular formula is C16H20ClNO3. The van der Waals surface area contributed by atoms with E-state index in [9.17, 15) is 14.7 Å². The van der Waals surface area contributed by atoms with Crippen LogP contribution in [0.2, 0.25) is 5.02 Å². The summed E-state index contributed by atoms with van der Waals surface area (Å²) in [5, 5.41) is 10.0. The lowest BCUT2D eigenvalue weighted by Gasteiger charge is -2.38. The van der Waals surface area contributed by atoms with Crippen molar-refractivity contribution < 1.29 is 14.7 Å². The van der Waals surface area contributed by atoms with Crippen LogP contribution in [0.25, 0.3) is 0 Å². The molecule has 1 aromatic carbocycles. The van der Waals surface area contributed by atoms with Gasteiger partial charge in [0.15, 0.2) is 0 Å².